The zero-order chi connectivity index (χ0) is 13.7. The molecule has 1 fully saturated rings. The topological polar surface area (TPSA) is 24.5 Å². The third-order valence-electron chi connectivity index (χ3n) is 3.56. The lowest BCUT2D eigenvalue weighted by Gasteiger charge is -2.29. The van der Waals surface area contributed by atoms with Crippen LogP contribution in [0.5, 0.6) is 0 Å². The molecule has 1 aromatic carbocycles. The standard InChI is InChI=1S/C15H23ClN2O/c1-17-10-12-6-7-15(14(16)9-12)18(2)11-13-5-3-4-8-19-13/h6-7,9,13,17H,3-5,8,10-11H2,1-2H3. The largest absolute Gasteiger partial charge is 0.376 e. The minimum absolute atomic E-state index is 0.340. The molecule has 1 aliphatic heterocycles. The summed E-state index contributed by atoms with van der Waals surface area (Å²) in [6.45, 7) is 2.65. The Morgan fingerprint density at radius 2 is 2.26 bits per heavy atom. The first-order valence-corrected chi connectivity index (χ1v) is 7.34. The molecule has 3 nitrogen and oxygen atoms in total. The summed E-state index contributed by atoms with van der Waals surface area (Å²) in [5, 5.41) is 3.94. The Kier molecular flexibility index (Phi) is 5.49. The van der Waals surface area contributed by atoms with Crippen LogP contribution in [-0.2, 0) is 11.3 Å². The van der Waals surface area contributed by atoms with E-state index in [2.05, 4.69) is 29.4 Å². The molecule has 1 atom stereocenters. The average Bonchev–Trinajstić information content (AvgIpc) is 2.40. The fourth-order valence-corrected chi connectivity index (χ4v) is 2.88. The van der Waals surface area contributed by atoms with E-state index in [9.17, 15) is 0 Å². The molecule has 0 bridgehead atoms. The molecular formula is C15H23ClN2O. The van der Waals surface area contributed by atoms with Crippen LogP contribution in [0.2, 0.25) is 5.02 Å². The highest BCUT2D eigenvalue weighted by Crippen LogP contribution is 2.27. The number of rotatable bonds is 5. The molecule has 0 radical (unpaired) electrons. The third-order valence-corrected chi connectivity index (χ3v) is 3.86. The summed E-state index contributed by atoms with van der Waals surface area (Å²) in [7, 11) is 4.02. The summed E-state index contributed by atoms with van der Waals surface area (Å²) in [6.07, 6.45) is 3.96. The van der Waals surface area contributed by atoms with Gasteiger partial charge in [0.25, 0.3) is 0 Å². The molecule has 1 aromatic rings. The van der Waals surface area contributed by atoms with Crippen molar-refractivity contribution in [3.63, 3.8) is 0 Å². The maximum absolute atomic E-state index is 6.37. The van der Waals surface area contributed by atoms with Crippen LogP contribution in [0.4, 0.5) is 5.69 Å². The van der Waals surface area contributed by atoms with Crippen molar-refractivity contribution in [1.82, 2.24) is 5.32 Å². The van der Waals surface area contributed by atoms with Crippen molar-refractivity contribution >= 4 is 17.3 Å². The predicted octanol–water partition coefficient (Wildman–Crippen LogP) is 3.06. The van der Waals surface area contributed by atoms with Crippen LogP contribution in [0.25, 0.3) is 0 Å². The van der Waals surface area contributed by atoms with E-state index in [-0.39, 0.29) is 0 Å². The van der Waals surface area contributed by atoms with Crippen LogP contribution in [-0.4, -0.2) is 33.4 Å². The van der Waals surface area contributed by atoms with E-state index in [1.54, 1.807) is 0 Å². The molecule has 0 amide bonds. The minimum atomic E-state index is 0.340. The zero-order valence-electron chi connectivity index (χ0n) is 11.8. The van der Waals surface area contributed by atoms with Crippen LogP contribution in [0.15, 0.2) is 18.2 Å². The summed E-state index contributed by atoms with van der Waals surface area (Å²) in [5.41, 5.74) is 2.29. The SMILES string of the molecule is CNCc1ccc(N(C)CC2CCCCO2)c(Cl)c1. The van der Waals surface area contributed by atoms with Crippen LogP contribution in [0, 0.1) is 0 Å². The summed E-state index contributed by atoms with van der Waals surface area (Å²) >= 11 is 6.37. The van der Waals surface area contributed by atoms with Gasteiger partial charge in [0.15, 0.2) is 0 Å². The fraction of sp³-hybridized carbons (Fsp3) is 0.600. The van der Waals surface area contributed by atoms with Crippen LogP contribution >= 0.6 is 11.6 Å². The average molecular weight is 283 g/mol. The first-order chi connectivity index (χ1) is 9.20. The maximum Gasteiger partial charge on any atom is 0.0749 e. The van der Waals surface area contributed by atoms with E-state index >= 15 is 0 Å². The lowest BCUT2D eigenvalue weighted by atomic mass is 10.1. The van der Waals surface area contributed by atoms with Crippen LogP contribution in [0.1, 0.15) is 24.8 Å². The number of nitrogens with zero attached hydrogens (tertiary/aromatic N) is 1. The molecule has 1 heterocycles. The molecule has 0 aliphatic carbocycles. The van der Waals surface area contributed by atoms with Gasteiger partial charge in [-0.3, -0.25) is 0 Å². The molecule has 2 rings (SSSR count). The van der Waals surface area contributed by atoms with Gasteiger partial charge in [-0.1, -0.05) is 17.7 Å². The Balaban J connectivity index is 1.99. The fourth-order valence-electron chi connectivity index (χ4n) is 2.53. The Morgan fingerprint density at radius 1 is 1.42 bits per heavy atom. The highest BCUT2D eigenvalue weighted by Gasteiger charge is 2.17. The predicted molar refractivity (Wildman–Crippen MR) is 81.1 cm³/mol. The van der Waals surface area contributed by atoms with Crippen molar-refractivity contribution in [3.8, 4) is 0 Å². The lowest BCUT2D eigenvalue weighted by molar-refractivity contribution is 0.0216. The van der Waals surface area contributed by atoms with Crippen molar-refractivity contribution < 1.29 is 4.74 Å². The molecule has 1 saturated heterocycles. The second-order valence-electron chi connectivity index (χ2n) is 5.19. The van der Waals surface area contributed by atoms with Gasteiger partial charge in [0.1, 0.15) is 0 Å². The minimum Gasteiger partial charge on any atom is -0.376 e. The van der Waals surface area contributed by atoms with E-state index in [0.29, 0.717) is 6.10 Å². The second kappa shape index (κ2) is 7.13. The van der Waals surface area contributed by atoms with E-state index < -0.39 is 0 Å². The smallest absolute Gasteiger partial charge is 0.0749 e. The Bertz CT molecular complexity index is 405. The molecular weight excluding hydrogens is 260 g/mol. The van der Waals surface area contributed by atoms with Crippen molar-refractivity contribution in [3.05, 3.63) is 28.8 Å². The van der Waals surface area contributed by atoms with Gasteiger partial charge >= 0.3 is 0 Å². The molecule has 1 aliphatic rings. The Labute approximate surface area is 120 Å². The number of halogens is 1. The van der Waals surface area contributed by atoms with Crippen molar-refractivity contribution in [2.24, 2.45) is 0 Å². The van der Waals surface area contributed by atoms with Gasteiger partial charge in [-0.05, 0) is 44.0 Å². The highest BCUT2D eigenvalue weighted by atomic mass is 35.5. The van der Waals surface area contributed by atoms with E-state index in [1.807, 2.05) is 13.1 Å². The van der Waals surface area contributed by atoms with Gasteiger partial charge in [-0.2, -0.15) is 0 Å². The number of hydrogen-bond donors (Lipinski definition) is 1. The molecule has 0 saturated carbocycles. The quantitative estimate of drug-likeness (QED) is 0.898. The zero-order valence-corrected chi connectivity index (χ0v) is 12.5. The number of hydrogen-bond acceptors (Lipinski definition) is 3. The molecule has 0 aromatic heterocycles. The first kappa shape index (κ1) is 14.6. The monoisotopic (exact) mass is 282 g/mol. The van der Waals surface area contributed by atoms with Crippen molar-refractivity contribution in [1.29, 1.82) is 0 Å². The number of ether oxygens (including phenoxy) is 1. The molecule has 19 heavy (non-hydrogen) atoms. The van der Waals surface area contributed by atoms with Crippen LogP contribution < -0.4 is 10.2 Å². The summed E-state index contributed by atoms with van der Waals surface area (Å²) < 4.78 is 5.78. The molecule has 1 N–H and O–H groups in total. The van der Waals surface area contributed by atoms with Gasteiger partial charge in [0, 0.05) is 26.7 Å². The van der Waals surface area contributed by atoms with Gasteiger partial charge in [0.05, 0.1) is 16.8 Å². The number of nitrogens with one attached hydrogen (secondary N) is 1. The van der Waals surface area contributed by atoms with E-state index in [4.69, 9.17) is 16.3 Å². The third kappa shape index (κ3) is 4.10. The summed E-state index contributed by atoms with van der Waals surface area (Å²) in [6, 6.07) is 6.25. The van der Waals surface area contributed by atoms with Crippen molar-refractivity contribution in [2.75, 3.05) is 32.1 Å². The van der Waals surface area contributed by atoms with Gasteiger partial charge in [-0.25, -0.2) is 0 Å². The second-order valence-corrected chi connectivity index (χ2v) is 5.59. The molecule has 106 valence electrons. The summed E-state index contributed by atoms with van der Waals surface area (Å²) in [5.74, 6) is 0. The van der Waals surface area contributed by atoms with E-state index in [0.717, 1.165) is 36.8 Å². The number of anilines is 1. The van der Waals surface area contributed by atoms with Crippen molar-refractivity contribution in [2.45, 2.75) is 31.9 Å². The van der Waals surface area contributed by atoms with Crippen LogP contribution in [0.3, 0.4) is 0 Å². The maximum atomic E-state index is 6.37. The van der Waals surface area contributed by atoms with Gasteiger partial charge in [-0.15, -0.1) is 0 Å². The summed E-state index contributed by atoms with van der Waals surface area (Å²) in [4.78, 5) is 2.20. The number of likely N-dealkylation sites (N-methyl/N-ethyl adjacent to an activating group) is 1. The van der Waals surface area contributed by atoms with Gasteiger partial charge < -0.3 is 15.0 Å². The highest BCUT2D eigenvalue weighted by molar-refractivity contribution is 6.33. The molecule has 0 spiro atoms. The number of benzene rings is 1. The van der Waals surface area contributed by atoms with E-state index in [1.165, 1.54) is 18.4 Å². The normalized spacial score (nSPS) is 19.4. The van der Waals surface area contributed by atoms with Gasteiger partial charge in [0.2, 0.25) is 0 Å². The molecule has 4 heteroatoms. The molecule has 1 unspecified atom stereocenters. The lowest BCUT2D eigenvalue weighted by Crippen LogP contribution is -2.33. The Morgan fingerprint density at radius 3 is 2.89 bits per heavy atom. The first-order valence-electron chi connectivity index (χ1n) is 6.96. The Hall–Kier alpha value is -0.770.